The predicted octanol–water partition coefficient (Wildman–Crippen LogP) is 3.83. The van der Waals surface area contributed by atoms with E-state index in [9.17, 15) is 13.2 Å². The van der Waals surface area contributed by atoms with Crippen LogP contribution in [0.2, 0.25) is 0 Å². The van der Waals surface area contributed by atoms with Gasteiger partial charge in [-0.2, -0.15) is 0 Å². The molecule has 4 aromatic rings. The Bertz CT molecular complexity index is 1720. The number of hydrogen-bond donors (Lipinski definition) is 3. The fourth-order valence-electron chi connectivity index (χ4n) is 5.20. The van der Waals surface area contributed by atoms with Crippen LogP contribution in [0, 0.1) is 0 Å². The van der Waals surface area contributed by atoms with Gasteiger partial charge in [-0.15, -0.1) is 0 Å². The third kappa shape index (κ3) is 6.79. The normalized spacial score (nSPS) is 18.1. The molecule has 1 amide bonds. The summed E-state index contributed by atoms with van der Waals surface area (Å²) in [5, 5.41) is 3.14. The molecule has 3 atom stereocenters. The van der Waals surface area contributed by atoms with Crippen LogP contribution in [0.1, 0.15) is 25.5 Å². The molecule has 0 aliphatic carbocycles. The van der Waals surface area contributed by atoms with Crippen LogP contribution in [0.25, 0.3) is 11.0 Å². The van der Waals surface area contributed by atoms with Crippen LogP contribution < -0.4 is 25.2 Å². The van der Waals surface area contributed by atoms with E-state index < -0.39 is 22.0 Å². The lowest BCUT2D eigenvalue weighted by atomic mass is 10.0. The van der Waals surface area contributed by atoms with Gasteiger partial charge in [-0.3, -0.25) is 14.4 Å². The van der Waals surface area contributed by atoms with Crippen molar-refractivity contribution < 1.29 is 27.4 Å². The lowest BCUT2D eigenvalue weighted by Crippen LogP contribution is -2.50. The molecule has 0 saturated carbocycles. The second-order valence-electron chi connectivity index (χ2n) is 10.3. The second-order valence-corrected chi connectivity index (χ2v) is 12.0. The maximum Gasteiger partial charge on any atom is 0.263 e. The summed E-state index contributed by atoms with van der Waals surface area (Å²) >= 11 is 0. The van der Waals surface area contributed by atoms with Gasteiger partial charge in [-0.05, 0) is 43.7 Å². The minimum Gasteiger partial charge on any atom is -0.497 e. The number of rotatable bonds is 10. The van der Waals surface area contributed by atoms with Gasteiger partial charge >= 0.3 is 0 Å². The monoisotopic (exact) mass is 606 g/mol. The first-order valence-electron chi connectivity index (χ1n) is 13.6. The molecule has 1 aromatic heterocycles. The van der Waals surface area contributed by atoms with Gasteiger partial charge in [0.1, 0.15) is 17.5 Å². The lowest BCUT2D eigenvalue weighted by molar-refractivity contribution is -0.130. The first-order valence-corrected chi connectivity index (χ1v) is 15.1. The number of aromatic nitrogens is 2. The highest BCUT2D eigenvalue weighted by molar-refractivity contribution is 7.92. The molecule has 226 valence electrons. The van der Waals surface area contributed by atoms with Crippen molar-refractivity contribution in [3.8, 4) is 11.5 Å². The van der Waals surface area contributed by atoms with Gasteiger partial charge in [0, 0.05) is 37.0 Å². The summed E-state index contributed by atoms with van der Waals surface area (Å²) < 4.78 is 46.7. The lowest BCUT2D eigenvalue weighted by Gasteiger charge is -2.39. The number of benzene rings is 3. The van der Waals surface area contributed by atoms with Crippen LogP contribution in [-0.2, 0) is 19.6 Å². The summed E-state index contributed by atoms with van der Waals surface area (Å²) in [6.07, 6.45) is -0.220. The summed E-state index contributed by atoms with van der Waals surface area (Å²) in [6.45, 7) is 4.79. The third-order valence-electron chi connectivity index (χ3n) is 6.98. The van der Waals surface area contributed by atoms with E-state index in [0.717, 1.165) is 0 Å². The van der Waals surface area contributed by atoms with Crippen LogP contribution in [-0.4, -0.2) is 68.7 Å². The molecule has 5 rings (SSSR count). The van der Waals surface area contributed by atoms with Gasteiger partial charge in [0.15, 0.2) is 11.6 Å². The van der Waals surface area contributed by atoms with Crippen LogP contribution in [0.15, 0.2) is 71.6 Å². The Morgan fingerprint density at radius 2 is 1.53 bits per heavy atom. The number of ether oxygens (including phenoxy) is 3. The Balaban J connectivity index is 1.51. The molecule has 1 aliphatic rings. The molecule has 3 unspecified atom stereocenters. The van der Waals surface area contributed by atoms with Gasteiger partial charge in [0.2, 0.25) is 5.91 Å². The first kappa shape index (κ1) is 30.0. The molecule has 0 bridgehead atoms. The standard InChI is InChI=1S/C30H34N6O6S/c1-18-16-36(17-19(2)42-18)27(28(31)37)20-8-7-9-24(12-20)43(38,39)35-30-29(33-25-10-5-6-11-26(25)34-30)32-21-13-22(40-3)15-23(14-21)41-4/h5-15,18-19,27H,16-17H2,1-4H3,(H2,31,37)(H,32,33)(H,34,35). The first-order chi connectivity index (χ1) is 20.6. The molecule has 1 saturated heterocycles. The van der Waals surface area contributed by atoms with Gasteiger partial charge in [-0.25, -0.2) is 18.4 Å². The number of sulfonamides is 1. The van der Waals surface area contributed by atoms with Crippen LogP contribution in [0.5, 0.6) is 11.5 Å². The molecule has 1 fully saturated rings. The molecule has 43 heavy (non-hydrogen) atoms. The number of morpholine rings is 1. The van der Waals surface area contributed by atoms with Crippen LogP contribution in [0.4, 0.5) is 17.3 Å². The van der Waals surface area contributed by atoms with Crippen molar-refractivity contribution in [3.63, 3.8) is 0 Å². The van der Waals surface area contributed by atoms with Crippen molar-refractivity contribution in [1.82, 2.24) is 14.9 Å². The summed E-state index contributed by atoms with van der Waals surface area (Å²) in [5.74, 6) is 0.628. The van der Waals surface area contributed by atoms with Gasteiger partial charge in [0.05, 0.1) is 42.4 Å². The molecule has 2 heterocycles. The number of carbonyl (C=O) groups excluding carboxylic acids is 1. The largest absolute Gasteiger partial charge is 0.497 e. The van der Waals surface area contributed by atoms with Gasteiger partial charge in [-0.1, -0.05) is 24.3 Å². The number of anilines is 3. The number of amides is 1. The Kier molecular flexibility index (Phi) is 8.67. The fourth-order valence-corrected chi connectivity index (χ4v) is 6.26. The average Bonchev–Trinajstić information content (AvgIpc) is 2.96. The van der Waals surface area contributed by atoms with E-state index in [0.29, 0.717) is 46.9 Å². The molecule has 4 N–H and O–H groups in total. The summed E-state index contributed by atoms with van der Waals surface area (Å²) in [6, 6.07) is 17.6. The van der Waals surface area contributed by atoms with E-state index in [1.54, 1.807) is 48.5 Å². The average molecular weight is 607 g/mol. The zero-order valence-corrected chi connectivity index (χ0v) is 25.1. The number of carbonyl (C=O) groups is 1. The van der Waals surface area contributed by atoms with Crippen LogP contribution >= 0.6 is 0 Å². The second kappa shape index (κ2) is 12.4. The Labute approximate surface area is 250 Å². The minimum atomic E-state index is -4.19. The maximum atomic E-state index is 13.8. The van der Waals surface area contributed by atoms with E-state index in [1.165, 1.54) is 26.4 Å². The molecule has 0 radical (unpaired) electrons. The number of primary amides is 1. The van der Waals surface area contributed by atoms with E-state index in [-0.39, 0.29) is 28.7 Å². The van der Waals surface area contributed by atoms with Crippen molar-refractivity contribution in [2.45, 2.75) is 37.0 Å². The Morgan fingerprint density at radius 3 is 2.12 bits per heavy atom. The van der Waals surface area contributed by atoms with E-state index in [4.69, 9.17) is 19.9 Å². The zero-order chi connectivity index (χ0) is 30.7. The minimum absolute atomic E-state index is 0.0202. The van der Waals surface area contributed by atoms with Crippen molar-refractivity contribution >= 4 is 44.3 Å². The highest BCUT2D eigenvalue weighted by atomic mass is 32.2. The van der Waals surface area contributed by atoms with Crippen molar-refractivity contribution in [1.29, 1.82) is 0 Å². The van der Waals surface area contributed by atoms with Crippen molar-refractivity contribution in [2.75, 3.05) is 37.3 Å². The van der Waals surface area contributed by atoms with E-state index >= 15 is 0 Å². The molecular weight excluding hydrogens is 572 g/mol. The molecular formula is C30H34N6O6S. The molecule has 13 heteroatoms. The Morgan fingerprint density at radius 1 is 0.930 bits per heavy atom. The molecule has 12 nitrogen and oxygen atoms in total. The van der Waals surface area contributed by atoms with Gasteiger partial charge < -0.3 is 25.3 Å². The quantitative estimate of drug-likeness (QED) is 0.242. The topological polar surface area (TPSA) is 158 Å². The van der Waals surface area contributed by atoms with Crippen LogP contribution in [0.3, 0.4) is 0 Å². The number of para-hydroxylation sites is 2. The number of methoxy groups -OCH3 is 2. The number of fused-ring (bicyclic) bond motifs is 1. The van der Waals surface area contributed by atoms with E-state index in [2.05, 4.69) is 20.0 Å². The predicted molar refractivity (Wildman–Crippen MR) is 163 cm³/mol. The SMILES string of the molecule is COc1cc(Nc2nc3ccccc3nc2NS(=O)(=O)c2cccc(C(C(N)=O)N3CC(C)OC(C)C3)c2)cc(OC)c1. The van der Waals surface area contributed by atoms with E-state index in [1.807, 2.05) is 24.8 Å². The molecule has 3 aromatic carbocycles. The van der Waals surface area contributed by atoms with Crippen molar-refractivity contribution in [2.24, 2.45) is 5.73 Å². The maximum absolute atomic E-state index is 13.8. The zero-order valence-electron chi connectivity index (χ0n) is 24.3. The highest BCUT2D eigenvalue weighted by Crippen LogP contribution is 2.32. The number of nitrogens with one attached hydrogen (secondary N) is 2. The fraction of sp³-hybridized carbons (Fsp3) is 0.300. The summed E-state index contributed by atoms with van der Waals surface area (Å²) in [4.78, 5) is 23.7. The highest BCUT2D eigenvalue weighted by Gasteiger charge is 2.33. The Hall–Kier alpha value is -4.46. The third-order valence-corrected chi connectivity index (χ3v) is 8.32. The number of nitrogens with zero attached hydrogens (tertiary/aromatic N) is 3. The number of hydrogen-bond acceptors (Lipinski definition) is 10. The smallest absolute Gasteiger partial charge is 0.263 e. The van der Waals surface area contributed by atoms with Gasteiger partial charge in [0.25, 0.3) is 10.0 Å². The molecule has 0 spiro atoms. The number of nitrogens with two attached hydrogens (primary N) is 1. The van der Waals surface area contributed by atoms with Crippen molar-refractivity contribution in [3.05, 3.63) is 72.3 Å². The summed E-state index contributed by atoms with van der Waals surface area (Å²) in [7, 11) is -1.13. The molecule has 1 aliphatic heterocycles. The summed E-state index contributed by atoms with van der Waals surface area (Å²) in [5.41, 5.74) is 7.88.